The van der Waals surface area contributed by atoms with E-state index in [1.807, 2.05) is 0 Å². The van der Waals surface area contributed by atoms with Gasteiger partial charge in [-0.1, -0.05) is 334 Å². The van der Waals surface area contributed by atoms with Crippen LogP contribution in [0.3, 0.4) is 0 Å². The zero-order valence-electron chi connectivity index (χ0n) is 54.6. The molecule has 0 bridgehead atoms. The van der Waals surface area contributed by atoms with Crippen molar-refractivity contribution in [2.75, 3.05) is 0 Å². The summed E-state index contributed by atoms with van der Waals surface area (Å²) in [5.74, 6) is 2.15. The molecule has 1 heterocycles. The van der Waals surface area contributed by atoms with Gasteiger partial charge in [0.1, 0.15) is 0 Å². The van der Waals surface area contributed by atoms with Crippen LogP contribution in [-0.4, -0.2) is 15.0 Å². The first kappa shape index (κ1) is 65.3. The van der Waals surface area contributed by atoms with E-state index in [0.29, 0.717) is 11.6 Å². The molecule has 0 amide bonds. The Hall–Kier alpha value is -5.67. The highest BCUT2D eigenvalue weighted by molar-refractivity contribution is 5.86. The third-order valence-electron chi connectivity index (χ3n) is 19.1. The molecule has 0 radical (unpaired) electrons. The third-order valence-corrected chi connectivity index (χ3v) is 19.1. The van der Waals surface area contributed by atoms with Crippen LogP contribution in [0.5, 0.6) is 0 Å². The van der Waals surface area contributed by atoms with Crippen molar-refractivity contribution >= 4 is 0 Å². The highest BCUT2D eigenvalue weighted by atomic mass is 15.0. The highest BCUT2D eigenvalue weighted by Gasteiger charge is 2.42. The van der Waals surface area contributed by atoms with Crippen molar-refractivity contribution in [3.05, 3.63) is 160 Å². The summed E-state index contributed by atoms with van der Waals surface area (Å²) in [6.07, 6.45) is 45.3. The van der Waals surface area contributed by atoms with Crippen molar-refractivity contribution in [1.29, 1.82) is 0 Å². The second-order valence-corrected chi connectivity index (χ2v) is 26.1. The summed E-state index contributed by atoms with van der Waals surface area (Å²) in [4.78, 5) is 15.6. The molecular formula is C82H111N3. The Morgan fingerprint density at radius 3 is 1.07 bits per heavy atom. The van der Waals surface area contributed by atoms with E-state index in [9.17, 15) is 0 Å². The molecule has 0 N–H and O–H groups in total. The van der Waals surface area contributed by atoms with E-state index >= 15 is 0 Å². The monoisotopic (exact) mass is 1140 g/mol. The highest BCUT2D eigenvalue weighted by Crippen LogP contribution is 2.55. The SMILES string of the molecule is CCCCCCCCCCCCc1ccc(-c2nc(-c3ccc(C)cc3)nc(-c3ccc(-c4cc(CCCCCC)c(-c5ccc6c(c5)C(CCCCCCCC)(CCCCCCCC)c5cc(C)ccc5-6)cc4CCCCCC)cc3)n2)cc1. The van der Waals surface area contributed by atoms with Crippen LogP contribution in [0.25, 0.3) is 67.5 Å². The van der Waals surface area contributed by atoms with Crippen LogP contribution in [0.4, 0.5) is 0 Å². The molecule has 0 atom stereocenters. The lowest BCUT2D eigenvalue weighted by Gasteiger charge is -2.33. The van der Waals surface area contributed by atoms with E-state index in [4.69, 9.17) is 15.0 Å². The van der Waals surface area contributed by atoms with Crippen LogP contribution in [0.15, 0.2) is 121 Å². The summed E-state index contributed by atoms with van der Waals surface area (Å²) in [5.41, 5.74) is 21.8. The van der Waals surface area contributed by atoms with Gasteiger partial charge in [-0.2, -0.15) is 0 Å². The maximum Gasteiger partial charge on any atom is 0.164 e. The fraction of sp³-hybridized carbons (Fsp3) is 0.524. The van der Waals surface area contributed by atoms with Gasteiger partial charge in [-0.05, 0) is 132 Å². The zero-order valence-corrected chi connectivity index (χ0v) is 54.6. The average Bonchev–Trinajstić information content (AvgIpc) is 1.87. The van der Waals surface area contributed by atoms with Crippen LogP contribution in [-0.2, 0) is 24.7 Å². The minimum absolute atomic E-state index is 0.0466. The molecule has 0 aliphatic heterocycles. The number of hydrogen-bond acceptors (Lipinski definition) is 3. The van der Waals surface area contributed by atoms with E-state index in [-0.39, 0.29) is 5.41 Å². The molecule has 0 fully saturated rings. The van der Waals surface area contributed by atoms with Crippen molar-refractivity contribution in [1.82, 2.24) is 15.0 Å². The van der Waals surface area contributed by atoms with Gasteiger partial charge in [-0.15, -0.1) is 0 Å². The van der Waals surface area contributed by atoms with Gasteiger partial charge in [0.05, 0.1) is 0 Å². The minimum Gasteiger partial charge on any atom is -0.208 e. The van der Waals surface area contributed by atoms with Gasteiger partial charge in [0, 0.05) is 22.1 Å². The van der Waals surface area contributed by atoms with Crippen LogP contribution < -0.4 is 0 Å². The average molecular weight is 1140 g/mol. The van der Waals surface area contributed by atoms with Gasteiger partial charge < -0.3 is 0 Å². The normalized spacial score (nSPS) is 12.5. The van der Waals surface area contributed by atoms with Gasteiger partial charge in [0.15, 0.2) is 17.5 Å². The van der Waals surface area contributed by atoms with Crippen molar-refractivity contribution in [2.45, 2.75) is 279 Å². The van der Waals surface area contributed by atoms with Gasteiger partial charge in [-0.3, -0.25) is 0 Å². The minimum atomic E-state index is 0.0466. The summed E-state index contributed by atoms with van der Waals surface area (Å²) in [7, 11) is 0. The molecule has 0 saturated carbocycles. The third kappa shape index (κ3) is 18.7. The zero-order chi connectivity index (χ0) is 59.5. The van der Waals surface area contributed by atoms with Crippen molar-refractivity contribution in [3.8, 4) is 67.5 Å². The number of nitrogens with zero attached hydrogens (tertiary/aromatic N) is 3. The molecule has 454 valence electrons. The predicted molar refractivity (Wildman–Crippen MR) is 370 cm³/mol. The first-order chi connectivity index (χ1) is 41.8. The molecule has 7 aromatic rings. The lowest BCUT2D eigenvalue weighted by molar-refractivity contribution is 0.398. The summed E-state index contributed by atoms with van der Waals surface area (Å²) in [5, 5.41) is 0. The lowest BCUT2D eigenvalue weighted by atomic mass is 9.70. The molecular weight excluding hydrogens is 1030 g/mol. The van der Waals surface area contributed by atoms with Crippen LogP contribution in [0.2, 0.25) is 0 Å². The van der Waals surface area contributed by atoms with Crippen LogP contribution >= 0.6 is 0 Å². The Morgan fingerprint density at radius 2 is 0.600 bits per heavy atom. The van der Waals surface area contributed by atoms with E-state index in [2.05, 4.69) is 170 Å². The molecule has 85 heavy (non-hydrogen) atoms. The molecule has 1 aliphatic rings. The number of unbranched alkanes of at least 4 members (excludes halogenated alkanes) is 25. The van der Waals surface area contributed by atoms with Gasteiger partial charge >= 0.3 is 0 Å². The second kappa shape index (κ2) is 35.2. The Balaban J connectivity index is 1.13. The van der Waals surface area contributed by atoms with Gasteiger partial charge in [0.25, 0.3) is 0 Å². The van der Waals surface area contributed by atoms with Crippen molar-refractivity contribution in [3.63, 3.8) is 0 Å². The number of aromatic nitrogens is 3. The van der Waals surface area contributed by atoms with E-state index in [0.717, 1.165) is 41.8 Å². The number of aryl methyl sites for hydroxylation is 5. The largest absolute Gasteiger partial charge is 0.208 e. The Morgan fingerprint density at radius 1 is 0.271 bits per heavy atom. The Labute approximate surface area is 518 Å². The molecule has 3 nitrogen and oxygen atoms in total. The number of benzene rings is 6. The number of rotatable bonds is 40. The molecule has 8 rings (SSSR count). The summed E-state index contributed by atoms with van der Waals surface area (Å²) < 4.78 is 0. The molecule has 1 aromatic heterocycles. The number of hydrogen-bond donors (Lipinski definition) is 0. The molecule has 0 saturated heterocycles. The van der Waals surface area contributed by atoms with E-state index < -0.39 is 0 Å². The quantitative estimate of drug-likeness (QED) is 0.0359. The van der Waals surface area contributed by atoms with E-state index in [1.165, 1.54) is 267 Å². The summed E-state index contributed by atoms with van der Waals surface area (Å²) >= 11 is 0. The van der Waals surface area contributed by atoms with Gasteiger partial charge in [0.2, 0.25) is 0 Å². The topological polar surface area (TPSA) is 38.7 Å². The molecule has 3 heteroatoms. The lowest BCUT2D eigenvalue weighted by Crippen LogP contribution is -2.25. The fourth-order valence-electron chi connectivity index (χ4n) is 13.9. The Kier molecular flexibility index (Phi) is 27.1. The smallest absolute Gasteiger partial charge is 0.164 e. The van der Waals surface area contributed by atoms with Gasteiger partial charge in [-0.25, -0.2) is 15.0 Å². The first-order valence-corrected chi connectivity index (χ1v) is 35.2. The predicted octanol–water partition coefficient (Wildman–Crippen LogP) is 25.3. The Bertz CT molecular complexity index is 3040. The van der Waals surface area contributed by atoms with Crippen LogP contribution in [0, 0.1) is 13.8 Å². The molecule has 0 spiro atoms. The van der Waals surface area contributed by atoms with Crippen molar-refractivity contribution < 1.29 is 0 Å². The molecule has 1 aliphatic carbocycles. The van der Waals surface area contributed by atoms with E-state index in [1.54, 1.807) is 11.1 Å². The standard InChI is InChI=1S/C82H111N3/c1-8-13-18-23-26-27-28-29-30-33-38-65-44-48-68(49-45-65)80-83-79(67-46-41-63(6)42-47-67)84-81(85-80)69-52-50-66(51-53-69)75-60-71(40-35-22-17-12-5)76(61-70(75)39-34-21-16-11-4)72-54-56-74-73-55-43-64(7)59-77(73)82(78(74)62-72,57-36-31-24-19-14-9-2)58-37-32-25-20-15-10-3/h41-56,59-62H,8-40,57-58H2,1-7H3. The first-order valence-electron chi connectivity index (χ1n) is 35.2. The molecule has 0 unspecified atom stereocenters. The van der Waals surface area contributed by atoms with Crippen LogP contribution in [0.1, 0.15) is 279 Å². The number of fused-ring (bicyclic) bond motifs is 3. The van der Waals surface area contributed by atoms with Crippen molar-refractivity contribution in [2.24, 2.45) is 0 Å². The maximum absolute atomic E-state index is 5.25. The fourth-order valence-corrected chi connectivity index (χ4v) is 13.9. The maximum atomic E-state index is 5.25. The summed E-state index contributed by atoms with van der Waals surface area (Å²) in [6.45, 7) is 16.1. The summed E-state index contributed by atoms with van der Waals surface area (Å²) in [6, 6.07) is 47.4. The molecule has 6 aromatic carbocycles. The second-order valence-electron chi connectivity index (χ2n) is 26.1.